The molecule has 0 bridgehead atoms. The van der Waals surface area contributed by atoms with Crippen LogP contribution in [0.25, 0.3) is 5.69 Å². The third-order valence-electron chi connectivity index (χ3n) is 4.84. The first-order valence-electron chi connectivity index (χ1n) is 9.47. The minimum absolute atomic E-state index is 0.00158. The van der Waals surface area contributed by atoms with E-state index in [2.05, 4.69) is 10.4 Å². The summed E-state index contributed by atoms with van der Waals surface area (Å²) in [4.78, 5) is 26.1. The normalized spacial score (nSPS) is 15.3. The highest BCUT2D eigenvalue weighted by molar-refractivity contribution is 5.96. The van der Waals surface area contributed by atoms with Crippen LogP contribution in [0.15, 0.2) is 24.3 Å². The molecule has 29 heavy (non-hydrogen) atoms. The van der Waals surface area contributed by atoms with Gasteiger partial charge in [0.2, 0.25) is 11.8 Å². The molecule has 0 spiro atoms. The lowest BCUT2D eigenvalue weighted by Gasteiger charge is -2.21. The molecule has 0 aliphatic carbocycles. The number of carbonyl (C=O) groups excluding carboxylic acids is 2. The first kappa shape index (κ1) is 20.9. The Morgan fingerprint density at radius 2 is 1.93 bits per heavy atom. The van der Waals surface area contributed by atoms with Gasteiger partial charge < -0.3 is 10.2 Å². The second-order valence-electron chi connectivity index (χ2n) is 7.24. The largest absolute Gasteiger partial charge is 0.416 e. The van der Waals surface area contributed by atoms with Gasteiger partial charge in [0.05, 0.1) is 29.2 Å². The first-order valence-corrected chi connectivity index (χ1v) is 9.47. The van der Waals surface area contributed by atoms with Gasteiger partial charge in [-0.2, -0.15) is 18.3 Å². The molecule has 1 aromatic heterocycles. The number of alkyl halides is 3. The standard InChI is InChI=1S/C20H23F3N4O2/c1-13-10-14(2)27(25-13)17-8-7-15(20(21,22)23)11-16(17)24-18(28)12-26-9-5-3-4-6-19(26)29/h7-8,10-11H,3-6,9,12H2,1-2H3,(H,24,28). The molecule has 2 heterocycles. The Kier molecular flexibility index (Phi) is 5.95. The van der Waals surface area contributed by atoms with E-state index >= 15 is 0 Å². The van der Waals surface area contributed by atoms with Gasteiger partial charge in [-0.1, -0.05) is 6.42 Å². The lowest BCUT2D eigenvalue weighted by molar-refractivity contribution is -0.137. The summed E-state index contributed by atoms with van der Waals surface area (Å²) in [5, 5.41) is 6.85. The summed E-state index contributed by atoms with van der Waals surface area (Å²) in [7, 11) is 0. The molecule has 156 valence electrons. The predicted molar refractivity (Wildman–Crippen MR) is 102 cm³/mol. The summed E-state index contributed by atoms with van der Waals surface area (Å²) in [5.41, 5.74) is 0.886. The Morgan fingerprint density at radius 3 is 2.59 bits per heavy atom. The van der Waals surface area contributed by atoms with Crippen LogP contribution >= 0.6 is 0 Å². The van der Waals surface area contributed by atoms with Crippen molar-refractivity contribution in [3.63, 3.8) is 0 Å². The van der Waals surface area contributed by atoms with Crippen LogP contribution in [0.3, 0.4) is 0 Å². The van der Waals surface area contributed by atoms with Crippen LogP contribution < -0.4 is 5.32 Å². The highest BCUT2D eigenvalue weighted by atomic mass is 19.4. The zero-order chi connectivity index (χ0) is 21.2. The topological polar surface area (TPSA) is 67.2 Å². The number of amides is 2. The van der Waals surface area contributed by atoms with Crippen molar-refractivity contribution in [1.29, 1.82) is 0 Å². The number of nitrogens with one attached hydrogen (secondary N) is 1. The number of aromatic nitrogens is 2. The smallest absolute Gasteiger partial charge is 0.333 e. The lowest BCUT2D eigenvalue weighted by atomic mass is 10.1. The minimum atomic E-state index is -4.55. The molecule has 2 aromatic rings. The van der Waals surface area contributed by atoms with Gasteiger partial charge in [0.15, 0.2) is 0 Å². The molecule has 1 aliphatic heterocycles. The van der Waals surface area contributed by atoms with Crippen LogP contribution in [-0.2, 0) is 15.8 Å². The highest BCUT2D eigenvalue weighted by Crippen LogP contribution is 2.33. The third kappa shape index (κ3) is 4.96. The molecule has 1 N–H and O–H groups in total. The zero-order valence-corrected chi connectivity index (χ0v) is 16.3. The van der Waals surface area contributed by atoms with E-state index in [1.807, 2.05) is 0 Å². The maximum atomic E-state index is 13.2. The quantitative estimate of drug-likeness (QED) is 0.836. The first-order chi connectivity index (χ1) is 13.6. The molecule has 0 unspecified atom stereocenters. The van der Waals surface area contributed by atoms with E-state index in [9.17, 15) is 22.8 Å². The maximum Gasteiger partial charge on any atom is 0.416 e. The van der Waals surface area contributed by atoms with Gasteiger partial charge in [0, 0.05) is 18.7 Å². The Hall–Kier alpha value is -2.84. The van der Waals surface area contributed by atoms with Gasteiger partial charge in [-0.15, -0.1) is 0 Å². The van der Waals surface area contributed by atoms with Gasteiger partial charge in [0.25, 0.3) is 0 Å². The fourth-order valence-electron chi connectivity index (χ4n) is 3.44. The van der Waals surface area contributed by atoms with E-state index in [0.29, 0.717) is 24.3 Å². The van der Waals surface area contributed by atoms with Gasteiger partial charge in [0.1, 0.15) is 0 Å². The van der Waals surface area contributed by atoms with Crippen molar-refractivity contribution < 1.29 is 22.8 Å². The summed E-state index contributed by atoms with van der Waals surface area (Å²) in [6.45, 7) is 3.83. The van der Waals surface area contributed by atoms with E-state index in [4.69, 9.17) is 0 Å². The van der Waals surface area contributed by atoms with E-state index < -0.39 is 17.6 Å². The molecule has 6 nitrogen and oxygen atoms in total. The van der Waals surface area contributed by atoms with Gasteiger partial charge in [-0.3, -0.25) is 9.59 Å². The molecule has 9 heteroatoms. The average Bonchev–Trinajstić information content (AvgIpc) is 2.83. The number of rotatable bonds is 4. The van der Waals surface area contributed by atoms with Crippen LogP contribution in [0.4, 0.5) is 18.9 Å². The minimum Gasteiger partial charge on any atom is -0.333 e. The number of carbonyl (C=O) groups is 2. The van der Waals surface area contributed by atoms with Crippen LogP contribution in [-0.4, -0.2) is 39.6 Å². The maximum absolute atomic E-state index is 13.2. The fourth-order valence-corrected chi connectivity index (χ4v) is 3.44. The molecule has 1 aromatic carbocycles. The Balaban J connectivity index is 1.90. The van der Waals surface area contributed by atoms with E-state index in [-0.39, 0.29) is 18.1 Å². The van der Waals surface area contributed by atoms with Gasteiger partial charge in [-0.05, 0) is 51.0 Å². The van der Waals surface area contributed by atoms with Gasteiger partial charge >= 0.3 is 6.18 Å². The average molecular weight is 408 g/mol. The molecule has 1 saturated heterocycles. The van der Waals surface area contributed by atoms with Crippen LogP contribution in [0.5, 0.6) is 0 Å². The van der Waals surface area contributed by atoms with Gasteiger partial charge in [-0.25, -0.2) is 4.68 Å². The third-order valence-corrected chi connectivity index (χ3v) is 4.84. The van der Waals surface area contributed by atoms with Crippen molar-refractivity contribution >= 4 is 17.5 Å². The van der Waals surface area contributed by atoms with Crippen LogP contribution in [0.2, 0.25) is 0 Å². The Bertz CT molecular complexity index is 921. The number of halogens is 3. The van der Waals surface area contributed by atoms with E-state index in [0.717, 1.165) is 37.1 Å². The molecule has 1 fully saturated rings. The highest BCUT2D eigenvalue weighted by Gasteiger charge is 2.31. The molecule has 0 atom stereocenters. The monoisotopic (exact) mass is 408 g/mol. The summed E-state index contributed by atoms with van der Waals surface area (Å²) in [5.74, 6) is -0.650. The van der Waals surface area contributed by atoms with Crippen molar-refractivity contribution in [2.75, 3.05) is 18.4 Å². The van der Waals surface area contributed by atoms with Crippen molar-refractivity contribution in [2.45, 2.75) is 45.7 Å². The summed E-state index contributed by atoms with van der Waals surface area (Å²) in [6, 6.07) is 4.93. The number of benzene rings is 1. The molecule has 0 saturated carbocycles. The fraction of sp³-hybridized carbons (Fsp3) is 0.450. The van der Waals surface area contributed by atoms with E-state index in [1.165, 1.54) is 15.6 Å². The second-order valence-corrected chi connectivity index (χ2v) is 7.24. The molecule has 0 radical (unpaired) electrons. The van der Waals surface area contributed by atoms with Crippen molar-refractivity contribution in [3.8, 4) is 5.69 Å². The number of anilines is 1. The lowest BCUT2D eigenvalue weighted by Crippen LogP contribution is -2.37. The Labute approximate surface area is 166 Å². The van der Waals surface area contributed by atoms with Crippen molar-refractivity contribution in [2.24, 2.45) is 0 Å². The number of hydrogen-bond donors (Lipinski definition) is 1. The van der Waals surface area contributed by atoms with Crippen molar-refractivity contribution in [1.82, 2.24) is 14.7 Å². The summed E-state index contributed by atoms with van der Waals surface area (Å²) < 4.78 is 41.1. The molecule has 1 aliphatic rings. The second kappa shape index (κ2) is 8.26. The molecule has 2 amide bonds. The Morgan fingerprint density at radius 1 is 1.17 bits per heavy atom. The molecule has 3 rings (SSSR count). The number of aryl methyl sites for hydroxylation is 2. The van der Waals surface area contributed by atoms with Crippen LogP contribution in [0.1, 0.15) is 42.6 Å². The molecular weight excluding hydrogens is 385 g/mol. The van der Waals surface area contributed by atoms with Crippen molar-refractivity contribution in [3.05, 3.63) is 41.2 Å². The SMILES string of the molecule is Cc1cc(C)n(-c2ccc(C(F)(F)F)cc2NC(=O)CN2CCCCCC2=O)n1. The number of nitrogens with zero attached hydrogens (tertiary/aromatic N) is 3. The number of likely N-dealkylation sites (tertiary alicyclic amines) is 1. The zero-order valence-electron chi connectivity index (χ0n) is 16.3. The predicted octanol–water partition coefficient (Wildman–Crippen LogP) is 3.85. The summed E-state index contributed by atoms with van der Waals surface area (Å²) in [6.07, 6.45) is -1.66. The van der Waals surface area contributed by atoms with Crippen LogP contribution in [0, 0.1) is 13.8 Å². The number of hydrogen-bond acceptors (Lipinski definition) is 3. The summed E-state index contributed by atoms with van der Waals surface area (Å²) >= 11 is 0. The molecular formula is C20H23F3N4O2. The van der Waals surface area contributed by atoms with E-state index in [1.54, 1.807) is 19.9 Å².